The topological polar surface area (TPSA) is 75.5 Å². The lowest BCUT2D eigenvalue weighted by Crippen LogP contribution is -3.14. The van der Waals surface area contributed by atoms with E-state index in [0.29, 0.717) is 17.5 Å². The number of morpholine rings is 1. The molecule has 1 saturated heterocycles. The average Bonchev–Trinajstić information content (AvgIpc) is 3.03. The van der Waals surface area contributed by atoms with Gasteiger partial charge in [-0.25, -0.2) is 0 Å². The van der Waals surface area contributed by atoms with Gasteiger partial charge < -0.3 is 19.4 Å². The Morgan fingerprint density at radius 1 is 1.25 bits per heavy atom. The predicted molar refractivity (Wildman–Crippen MR) is 90.9 cm³/mol. The van der Waals surface area contributed by atoms with Gasteiger partial charge in [0.25, 0.3) is 0 Å². The van der Waals surface area contributed by atoms with E-state index in [9.17, 15) is 5.26 Å². The number of rotatable bonds is 6. The van der Waals surface area contributed by atoms with Crippen molar-refractivity contribution >= 4 is 5.88 Å². The fraction of sp³-hybridized carbons (Fsp3) is 0.444. The third-order valence-electron chi connectivity index (χ3n) is 4.22. The monoisotopic (exact) mass is 327 g/mol. The molecule has 126 valence electrons. The Labute approximate surface area is 142 Å². The zero-order chi connectivity index (χ0) is 16.8. The molecule has 24 heavy (non-hydrogen) atoms. The fourth-order valence-corrected chi connectivity index (χ4v) is 2.79. The summed E-state index contributed by atoms with van der Waals surface area (Å²) >= 11 is 0. The van der Waals surface area contributed by atoms with E-state index in [2.05, 4.69) is 16.4 Å². The molecule has 0 saturated carbocycles. The van der Waals surface area contributed by atoms with Gasteiger partial charge in [-0.05, 0) is 19.1 Å². The number of nitriles is 1. The minimum Gasteiger partial charge on any atom is -0.419 e. The molecule has 3 rings (SSSR count). The quantitative estimate of drug-likeness (QED) is 0.781. The molecule has 6 heteroatoms. The third-order valence-corrected chi connectivity index (χ3v) is 4.22. The highest BCUT2D eigenvalue weighted by Crippen LogP contribution is 2.25. The van der Waals surface area contributed by atoms with Crippen molar-refractivity contribution in [1.82, 2.24) is 4.98 Å². The van der Waals surface area contributed by atoms with E-state index in [-0.39, 0.29) is 0 Å². The van der Waals surface area contributed by atoms with Gasteiger partial charge in [0.2, 0.25) is 17.5 Å². The largest absolute Gasteiger partial charge is 0.419 e. The molecule has 0 spiro atoms. The lowest BCUT2D eigenvalue weighted by Gasteiger charge is -2.23. The molecular weight excluding hydrogens is 304 g/mol. The molecule has 2 N–H and O–H groups in total. The van der Waals surface area contributed by atoms with Crippen molar-refractivity contribution in [3.63, 3.8) is 0 Å². The summed E-state index contributed by atoms with van der Waals surface area (Å²) in [5.41, 5.74) is 2.36. The normalized spacial score (nSPS) is 15.2. The average molecular weight is 327 g/mol. The van der Waals surface area contributed by atoms with E-state index in [1.807, 2.05) is 31.2 Å². The van der Waals surface area contributed by atoms with E-state index in [1.54, 1.807) is 4.90 Å². The van der Waals surface area contributed by atoms with Crippen LogP contribution >= 0.6 is 0 Å². The number of aromatic nitrogens is 1. The second kappa shape index (κ2) is 7.95. The Kier molecular flexibility index (Phi) is 5.47. The molecular formula is C18H23N4O2+. The van der Waals surface area contributed by atoms with Crippen LogP contribution in [0.2, 0.25) is 0 Å². The number of oxazole rings is 1. The summed E-state index contributed by atoms with van der Waals surface area (Å²) in [6, 6.07) is 10.0. The number of quaternary nitrogens is 1. The summed E-state index contributed by atoms with van der Waals surface area (Å²) in [5.74, 6) is 0.943. The van der Waals surface area contributed by atoms with Crippen LogP contribution in [0, 0.1) is 18.3 Å². The molecule has 2 aromatic rings. The SMILES string of the molecule is Cc1ccc(-c2nc(C#N)c(NCCC[NH+]3CCOCC3)o2)cc1. The Balaban J connectivity index is 1.57. The van der Waals surface area contributed by atoms with Gasteiger partial charge in [0.15, 0.2) is 0 Å². The molecule has 0 aliphatic carbocycles. The summed E-state index contributed by atoms with van der Waals surface area (Å²) in [5, 5.41) is 12.5. The molecule has 0 radical (unpaired) electrons. The van der Waals surface area contributed by atoms with E-state index in [1.165, 1.54) is 5.56 Å². The Morgan fingerprint density at radius 3 is 2.71 bits per heavy atom. The molecule has 1 aromatic heterocycles. The van der Waals surface area contributed by atoms with Crippen molar-refractivity contribution in [3.8, 4) is 17.5 Å². The van der Waals surface area contributed by atoms with E-state index >= 15 is 0 Å². The first-order valence-electron chi connectivity index (χ1n) is 8.39. The summed E-state index contributed by atoms with van der Waals surface area (Å²) in [6.07, 6.45) is 1.01. The number of nitrogens with one attached hydrogen (secondary N) is 2. The van der Waals surface area contributed by atoms with Crippen LogP contribution in [-0.2, 0) is 4.74 Å². The first-order chi connectivity index (χ1) is 11.8. The smallest absolute Gasteiger partial charge is 0.232 e. The molecule has 1 aliphatic heterocycles. The van der Waals surface area contributed by atoms with E-state index in [0.717, 1.165) is 51.4 Å². The van der Waals surface area contributed by atoms with Crippen molar-refractivity contribution in [3.05, 3.63) is 35.5 Å². The lowest BCUT2D eigenvalue weighted by molar-refractivity contribution is -0.908. The standard InChI is InChI=1S/C18H22N4O2/c1-14-3-5-15(6-4-14)17-21-16(13-19)18(24-17)20-7-2-8-22-9-11-23-12-10-22/h3-6,20H,2,7-12H2,1H3/p+1. The number of ether oxygens (including phenoxy) is 1. The predicted octanol–water partition coefficient (Wildman–Crippen LogP) is 1.24. The molecule has 0 atom stereocenters. The maximum Gasteiger partial charge on any atom is 0.232 e. The maximum absolute atomic E-state index is 9.25. The Bertz CT molecular complexity index is 697. The van der Waals surface area contributed by atoms with Crippen molar-refractivity contribution in [2.24, 2.45) is 0 Å². The highest BCUT2D eigenvalue weighted by molar-refractivity contribution is 5.59. The van der Waals surface area contributed by atoms with Gasteiger partial charge in [0, 0.05) is 18.5 Å². The van der Waals surface area contributed by atoms with Crippen molar-refractivity contribution < 1.29 is 14.1 Å². The summed E-state index contributed by atoms with van der Waals surface area (Å²) < 4.78 is 11.1. The second-order valence-electron chi connectivity index (χ2n) is 6.07. The molecule has 0 amide bonds. The minimum absolute atomic E-state index is 0.310. The van der Waals surface area contributed by atoms with Crippen molar-refractivity contribution in [2.75, 3.05) is 44.7 Å². The summed E-state index contributed by atoms with van der Waals surface area (Å²) in [4.78, 5) is 5.86. The van der Waals surface area contributed by atoms with Gasteiger partial charge in [-0.3, -0.25) is 0 Å². The zero-order valence-electron chi connectivity index (χ0n) is 14.0. The van der Waals surface area contributed by atoms with Gasteiger partial charge in [0.1, 0.15) is 19.2 Å². The molecule has 0 bridgehead atoms. The van der Waals surface area contributed by atoms with Gasteiger partial charge >= 0.3 is 0 Å². The first-order valence-corrected chi connectivity index (χ1v) is 8.39. The second-order valence-corrected chi connectivity index (χ2v) is 6.07. The van der Waals surface area contributed by atoms with Crippen LogP contribution in [0.4, 0.5) is 5.88 Å². The number of nitrogens with zero attached hydrogens (tertiary/aromatic N) is 2. The number of aryl methyl sites for hydroxylation is 1. The molecule has 6 nitrogen and oxygen atoms in total. The summed E-state index contributed by atoms with van der Waals surface area (Å²) in [7, 11) is 0. The highest BCUT2D eigenvalue weighted by atomic mass is 16.5. The van der Waals surface area contributed by atoms with Crippen molar-refractivity contribution in [1.29, 1.82) is 5.26 Å². The lowest BCUT2D eigenvalue weighted by atomic mass is 10.1. The van der Waals surface area contributed by atoms with E-state index in [4.69, 9.17) is 9.15 Å². The Morgan fingerprint density at radius 2 is 2.00 bits per heavy atom. The Hall–Kier alpha value is -2.36. The fourth-order valence-electron chi connectivity index (χ4n) is 2.79. The van der Waals surface area contributed by atoms with Crippen LogP contribution in [0.3, 0.4) is 0 Å². The summed E-state index contributed by atoms with van der Waals surface area (Å²) in [6.45, 7) is 7.74. The maximum atomic E-state index is 9.25. The van der Waals surface area contributed by atoms with Gasteiger partial charge in [0.05, 0.1) is 19.8 Å². The van der Waals surface area contributed by atoms with Gasteiger partial charge in [-0.1, -0.05) is 17.7 Å². The van der Waals surface area contributed by atoms with E-state index < -0.39 is 0 Å². The number of benzene rings is 1. The first kappa shape index (κ1) is 16.5. The van der Waals surface area contributed by atoms with Crippen molar-refractivity contribution in [2.45, 2.75) is 13.3 Å². The van der Waals surface area contributed by atoms with Crippen LogP contribution < -0.4 is 10.2 Å². The number of hydrogen-bond donors (Lipinski definition) is 2. The molecule has 1 fully saturated rings. The highest BCUT2D eigenvalue weighted by Gasteiger charge is 2.15. The van der Waals surface area contributed by atoms with Crippen LogP contribution in [0.15, 0.2) is 28.7 Å². The van der Waals surface area contributed by atoms with Crippen LogP contribution in [-0.4, -0.2) is 44.4 Å². The van der Waals surface area contributed by atoms with Crippen LogP contribution in [0.5, 0.6) is 0 Å². The molecule has 0 unspecified atom stereocenters. The van der Waals surface area contributed by atoms with Gasteiger partial charge in [-0.15, -0.1) is 0 Å². The minimum atomic E-state index is 0.310. The van der Waals surface area contributed by atoms with Crippen LogP contribution in [0.25, 0.3) is 11.5 Å². The van der Waals surface area contributed by atoms with Crippen LogP contribution in [0.1, 0.15) is 17.7 Å². The third kappa shape index (κ3) is 4.13. The zero-order valence-corrected chi connectivity index (χ0v) is 14.0. The molecule has 2 heterocycles. The number of anilines is 1. The molecule has 1 aliphatic rings. The molecule has 1 aromatic carbocycles. The van der Waals surface area contributed by atoms with Gasteiger partial charge in [-0.2, -0.15) is 10.2 Å². The number of hydrogen-bond acceptors (Lipinski definition) is 5.